The number of carbonyl (C=O) groups is 1. The van der Waals surface area contributed by atoms with Crippen LogP contribution in [0.1, 0.15) is 62.0 Å². The van der Waals surface area contributed by atoms with Gasteiger partial charge in [0.2, 0.25) is 0 Å². The summed E-state index contributed by atoms with van der Waals surface area (Å²) in [5.41, 5.74) is 2.25. The first-order valence-corrected chi connectivity index (χ1v) is 10.3. The van der Waals surface area contributed by atoms with Crippen molar-refractivity contribution < 1.29 is 13.9 Å². The standard InChI is InChI=1S/C23H32N2O3/c1-17(2)19-10-9-18(3)14-22(19)28-16-23(26)24-15-20(21-8-7-13-27-21)25-11-5-4-6-12-25/h7-10,13-14,17,20H,4-6,11-12,15-16H2,1-3H3,(H,24,26)/t20-/m1/s1. The van der Waals surface area contributed by atoms with Gasteiger partial charge < -0.3 is 14.5 Å². The molecule has 0 unspecified atom stereocenters. The number of rotatable bonds is 8. The Hall–Kier alpha value is -2.27. The van der Waals surface area contributed by atoms with E-state index in [1.807, 2.05) is 25.1 Å². The zero-order chi connectivity index (χ0) is 19.9. The van der Waals surface area contributed by atoms with E-state index in [4.69, 9.17) is 9.15 Å². The molecule has 5 heteroatoms. The molecule has 5 nitrogen and oxygen atoms in total. The third-order valence-electron chi connectivity index (χ3n) is 5.35. The summed E-state index contributed by atoms with van der Waals surface area (Å²) in [6, 6.07) is 10.1. The van der Waals surface area contributed by atoms with Gasteiger partial charge in [0, 0.05) is 6.54 Å². The van der Waals surface area contributed by atoms with Gasteiger partial charge in [-0.05, 0) is 68.1 Å². The van der Waals surface area contributed by atoms with Crippen molar-refractivity contribution in [3.05, 3.63) is 53.5 Å². The van der Waals surface area contributed by atoms with Gasteiger partial charge in [0.25, 0.3) is 5.91 Å². The highest BCUT2D eigenvalue weighted by Crippen LogP contribution is 2.27. The number of furan rings is 1. The normalized spacial score (nSPS) is 16.1. The van der Waals surface area contributed by atoms with Gasteiger partial charge in [0.05, 0.1) is 12.3 Å². The molecule has 1 fully saturated rings. The van der Waals surface area contributed by atoms with E-state index in [0.717, 1.165) is 35.7 Å². The van der Waals surface area contributed by atoms with Crippen LogP contribution in [-0.2, 0) is 4.79 Å². The first-order chi connectivity index (χ1) is 13.5. The van der Waals surface area contributed by atoms with E-state index >= 15 is 0 Å². The zero-order valence-corrected chi connectivity index (χ0v) is 17.2. The monoisotopic (exact) mass is 384 g/mol. The smallest absolute Gasteiger partial charge is 0.258 e. The van der Waals surface area contributed by atoms with Crippen LogP contribution >= 0.6 is 0 Å². The van der Waals surface area contributed by atoms with Crippen LogP contribution in [0, 0.1) is 6.92 Å². The van der Waals surface area contributed by atoms with Crippen LogP contribution in [-0.4, -0.2) is 37.0 Å². The van der Waals surface area contributed by atoms with Crippen LogP contribution in [0.15, 0.2) is 41.0 Å². The number of amides is 1. The van der Waals surface area contributed by atoms with E-state index < -0.39 is 0 Å². The van der Waals surface area contributed by atoms with E-state index in [0.29, 0.717) is 12.5 Å². The molecule has 2 heterocycles. The lowest BCUT2D eigenvalue weighted by atomic mass is 10.0. The van der Waals surface area contributed by atoms with Crippen molar-refractivity contribution >= 4 is 5.91 Å². The number of hydrogen-bond acceptors (Lipinski definition) is 4. The molecule has 1 N–H and O–H groups in total. The van der Waals surface area contributed by atoms with Crippen molar-refractivity contribution in [2.45, 2.75) is 52.0 Å². The average Bonchev–Trinajstić information content (AvgIpc) is 3.21. The fraction of sp³-hybridized carbons (Fsp3) is 0.522. The molecule has 0 bridgehead atoms. The number of ether oxygens (including phenoxy) is 1. The van der Waals surface area contributed by atoms with E-state index in [1.54, 1.807) is 6.26 Å². The molecule has 1 saturated heterocycles. The second kappa shape index (κ2) is 9.78. The zero-order valence-electron chi connectivity index (χ0n) is 17.2. The molecule has 3 rings (SSSR count). The molecule has 1 aromatic heterocycles. The predicted molar refractivity (Wildman–Crippen MR) is 111 cm³/mol. The lowest BCUT2D eigenvalue weighted by Gasteiger charge is -2.33. The molecular formula is C23H32N2O3. The van der Waals surface area contributed by atoms with Crippen LogP contribution in [0.4, 0.5) is 0 Å². The number of likely N-dealkylation sites (tertiary alicyclic amines) is 1. The average molecular weight is 385 g/mol. The van der Waals surface area contributed by atoms with Gasteiger partial charge in [0.15, 0.2) is 6.61 Å². The number of piperidine rings is 1. The van der Waals surface area contributed by atoms with Crippen LogP contribution in [0.25, 0.3) is 0 Å². The molecule has 1 amide bonds. The first kappa shape index (κ1) is 20.5. The summed E-state index contributed by atoms with van der Waals surface area (Å²) in [4.78, 5) is 14.9. The molecule has 0 spiro atoms. The Kier molecular flexibility index (Phi) is 7.15. The minimum atomic E-state index is -0.107. The summed E-state index contributed by atoms with van der Waals surface area (Å²) in [5, 5.41) is 3.04. The molecular weight excluding hydrogens is 352 g/mol. The van der Waals surface area contributed by atoms with Crippen molar-refractivity contribution in [2.75, 3.05) is 26.2 Å². The van der Waals surface area contributed by atoms with Gasteiger partial charge in [-0.25, -0.2) is 0 Å². The molecule has 1 aliphatic rings. The van der Waals surface area contributed by atoms with Crippen LogP contribution < -0.4 is 10.1 Å². The minimum Gasteiger partial charge on any atom is -0.483 e. The Bertz CT molecular complexity index is 749. The van der Waals surface area contributed by atoms with E-state index in [9.17, 15) is 4.79 Å². The number of benzene rings is 1. The Labute approximate surface area is 168 Å². The topological polar surface area (TPSA) is 54.7 Å². The van der Waals surface area contributed by atoms with Crippen molar-refractivity contribution in [3.63, 3.8) is 0 Å². The highest BCUT2D eigenvalue weighted by Gasteiger charge is 2.25. The number of hydrogen-bond donors (Lipinski definition) is 1. The molecule has 0 radical (unpaired) electrons. The molecule has 1 aliphatic heterocycles. The third kappa shape index (κ3) is 5.38. The van der Waals surface area contributed by atoms with Crippen molar-refractivity contribution in [3.8, 4) is 5.75 Å². The molecule has 1 atom stereocenters. The highest BCUT2D eigenvalue weighted by molar-refractivity contribution is 5.77. The maximum atomic E-state index is 12.5. The summed E-state index contributed by atoms with van der Waals surface area (Å²) in [6.45, 7) is 8.92. The lowest BCUT2D eigenvalue weighted by molar-refractivity contribution is -0.123. The van der Waals surface area contributed by atoms with Crippen LogP contribution in [0.2, 0.25) is 0 Å². The van der Waals surface area contributed by atoms with Crippen LogP contribution in [0.5, 0.6) is 5.75 Å². The second-order valence-corrected chi connectivity index (χ2v) is 7.92. The van der Waals surface area contributed by atoms with Crippen molar-refractivity contribution in [2.24, 2.45) is 0 Å². The molecule has 0 aliphatic carbocycles. The van der Waals surface area contributed by atoms with E-state index in [-0.39, 0.29) is 18.6 Å². The summed E-state index contributed by atoms with van der Waals surface area (Å²) in [5.74, 6) is 1.94. The van der Waals surface area contributed by atoms with Gasteiger partial charge in [-0.15, -0.1) is 0 Å². The Morgan fingerprint density at radius 1 is 1.21 bits per heavy atom. The van der Waals surface area contributed by atoms with Crippen molar-refractivity contribution in [1.29, 1.82) is 0 Å². The molecule has 2 aromatic rings. The maximum absolute atomic E-state index is 12.5. The number of nitrogens with one attached hydrogen (secondary N) is 1. The predicted octanol–water partition coefficient (Wildman–Crippen LogP) is 4.43. The highest BCUT2D eigenvalue weighted by atomic mass is 16.5. The summed E-state index contributed by atoms with van der Waals surface area (Å²) >= 11 is 0. The lowest BCUT2D eigenvalue weighted by Crippen LogP contribution is -2.41. The van der Waals surface area contributed by atoms with Gasteiger partial charge in [-0.1, -0.05) is 32.4 Å². The molecule has 0 saturated carbocycles. The SMILES string of the molecule is Cc1ccc(C(C)C)c(OCC(=O)NC[C@H](c2ccco2)N2CCCCC2)c1. The Morgan fingerprint density at radius 2 is 2.00 bits per heavy atom. The van der Waals surface area contributed by atoms with Crippen LogP contribution in [0.3, 0.4) is 0 Å². The number of aryl methyl sites for hydroxylation is 1. The fourth-order valence-corrected chi connectivity index (χ4v) is 3.77. The van der Waals surface area contributed by atoms with Gasteiger partial charge >= 0.3 is 0 Å². The largest absolute Gasteiger partial charge is 0.483 e. The molecule has 152 valence electrons. The van der Waals surface area contributed by atoms with Gasteiger partial charge in [-0.2, -0.15) is 0 Å². The van der Waals surface area contributed by atoms with Crippen molar-refractivity contribution in [1.82, 2.24) is 10.2 Å². The van der Waals surface area contributed by atoms with E-state index in [1.165, 1.54) is 19.3 Å². The summed E-state index contributed by atoms with van der Waals surface area (Å²) < 4.78 is 11.5. The Balaban J connectivity index is 1.57. The van der Waals surface area contributed by atoms with Gasteiger partial charge in [0.1, 0.15) is 11.5 Å². The maximum Gasteiger partial charge on any atom is 0.258 e. The second-order valence-electron chi connectivity index (χ2n) is 7.92. The summed E-state index contributed by atoms with van der Waals surface area (Å²) in [7, 11) is 0. The Morgan fingerprint density at radius 3 is 2.68 bits per heavy atom. The fourth-order valence-electron chi connectivity index (χ4n) is 3.77. The summed E-state index contributed by atoms with van der Waals surface area (Å²) in [6.07, 6.45) is 5.36. The van der Waals surface area contributed by atoms with E-state index in [2.05, 4.69) is 36.2 Å². The quantitative estimate of drug-likeness (QED) is 0.731. The number of carbonyl (C=O) groups excluding carboxylic acids is 1. The minimum absolute atomic E-state index is 0.0219. The van der Waals surface area contributed by atoms with Gasteiger partial charge in [-0.3, -0.25) is 9.69 Å². The third-order valence-corrected chi connectivity index (χ3v) is 5.35. The molecule has 28 heavy (non-hydrogen) atoms. The number of nitrogens with zero attached hydrogens (tertiary/aromatic N) is 1. The first-order valence-electron chi connectivity index (χ1n) is 10.3. The molecule has 1 aromatic carbocycles.